The minimum absolute atomic E-state index is 0.0169. The second kappa shape index (κ2) is 25.3. The van der Waals surface area contributed by atoms with Gasteiger partial charge in [-0.05, 0) is 101 Å². The molecule has 1 aliphatic carbocycles. The fourth-order valence-corrected chi connectivity index (χ4v) is 10.8. The normalized spacial score (nSPS) is 36.6. The standard InChI is InChI=1S/C53H79NO14/c1-11-38-24-31(2)23-32(3)25-45(63-9)49-46(64-10)27-34(5)53(61,68-49)50(58)51(59)54-22-16-15-19-40(54)52(60)67-48(35(6)41(56)29-42(38)57)33(4)26-37-20-21-43(44(28-37)62-8)65-30-47(66-36(7)55)39-17-13-12-14-18-39/h12-14,17-18,24,26,32,34-35,37-38,40-41,43-49,56,61H,11,15-16,19-23,25,27-30H2,1-10H3/b31-24+,33-26?. The van der Waals surface area contributed by atoms with Crippen LogP contribution in [-0.4, -0.2) is 134 Å². The van der Waals surface area contributed by atoms with Crippen LogP contribution in [0.4, 0.5) is 0 Å². The number of carbonyl (C=O) groups excluding carboxylic acids is 5. The molecule has 2 bridgehead atoms. The van der Waals surface area contributed by atoms with Crippen molar-refractivity contribution in [3.8, 4) is 0 Å². The van der Waals surface area contributed by atoms with Gasteiger partial charge in [0.25, 0.3) is 11.7 Å². The number of methoxy groups -OCH3 is 3. The highest BCUT2D eigenvalue weighted by atomic mass is 16.7. The van der Waals surface area contributed by atoms with Gasteiger partial charge in [-0.25, -0.2) is 4.79 Å². The first kappa shape index (κ1) is 55.1. The van der Waals surface area contributed by atoms with Gasteiger partial charge in [0.1, 0.15) is 24.0 Å². The van der Waals surface area contributed by atoms with Crippen molar-refractivity contribution >= 4 is 29.4 Å². The Morgan fingerprint density at radius 2 is 1.57 bits per heavy atom. The Balaban J connectivity index is 1.45. The van der Waals surface area contributed by atoms with Crippen molar-refractivity contribution in [2.24, 2.45) is 29.6 Å². The van der Waals surface area contributed by atoms with Crippen LogP contribution in [0.5, 0.6) is 0 Å². The number of cyclic esters (lactones) is 1. The number of amides is 1. The number of aliphatic hydroxyl groups is 2. The van der Waals surface area contributed by atoms with Gasteiger partial charge in [-0.3, -0.25) is 19.2 Å². The number of benzene rings is 1. The first-order chi connectivity index (χ1) is 32.3. The van der Waals surface area contributed by atoms with E-state index in [1.54, 1.807) is 21.0 Å². The molecule has 3 aliphatic heterocycles. The second-order valence-corrected chi connectivity index (χ2v) is 20.0. The molecule has 380 valence electrons. The van der Waals surface area contributed by atoms with Crippen LogP contribution in [0.25, 0.3) is 0 Å². The van der Waals surface area contributed by atoms with Crippen LogP contribution in [0.3, 0.4) is 0 Å². The van der Waals surface area contributed by atoms with E-state index >= 15 is 0 Å². The van der Waals surface area contributed by atoms with E-state index in [1.165, 1.54) is 26.0 Å². The zero-order valence-electron chi connectivity index (χ0n) is 42.1. The van der Waals surface area contributed by atoms with E-state index in [0.717, 1.165) is 11.1 Å². The SMILES string of the molecule is CCC1/C=C(\C)CC(C)CC(OC)C2OC(O)(C(=O)C(=O)N3CCCCC3C(=O)OC(C(C)=CC3CCC(OCC(OC(C)=O)c4ccccc4)C(OC)C3)C(C)C(O)CC1=O)C(C)CC2OC. The highest BCUT2D eigenvalue weighted by molar-refractivity contribution is 6.39. The summed E-state index contributed by atoms with van der Waals surface area (Å²) in [5.74, 6) is -8.14. The maximum absolute atomic E-state index is 14.6. The van der Waals surface area contributed by atoms with E-state index in [1.807, 2.05) is 63.3 Å². The van der Waals surface area contributed by atoms with Crippen LogP contribution in [0, 0.1) is 29.6 Å². The number of Topliss-reactive ketones (excluding diaryl/α,β-unsaturated/α-hetero) is 2. The number of ketones is 2. The number of hydrogen-bond donors (Lipinski definition) is 2. The Kier molecular flexibility index (Phi) is 20.5. The van der Waals surface area contributed by atoms with Crippen LogP contribution in [0.15, 0.2) is 53.6 Å². The molecule has 0 radical (unpaired) electrons. The van der Waals surface area contributed by atoms with Crippen molar-refractivity contribution in [1.82, 2.24) is 4.90 Å². The second-order valence-electron chi connectivity index (χ2n) is 20.0. The van der Waals surface area contributed by atoms with E-state index in [9.17, 15) is 34.2 Å². The van der Waals surface area contributed by atoms with E-state index in [-0.39, 0.29) is 62.2 Å². The van der Waals surface area contributed by atoms with E-state index in [0.29, 0.717) is 56.9 Å². The number of esters is 2. The summed E-state index contributed by atoms with van der Waals surface area (Å²) < 4.78 is 42.4. The number of carbonyl (C=O) groups is 5. The minimum Gasteiger partial charge on any atom is -0.456 e. The predicted octanol–water partition coefficient (Wildman–Crippen LogP) is 6.80. The van der Waals surface area contributed by atoms with Crippen molar-refractivity contribution in [1.29, 1.82) is 0 Å². The first-order valence-electron chi connectivity index (χ1n) is 24.8. The van der Waals surface area contributed by atoms with Crippen molar-refractivity contribution in [3.05, 3.63) is 59.2 Å². The Hall–Kier alpha value is -3.83. The minimum atomic E-state index is -2.53. The van der Waals surface area contributed by atoms with Crippen molar-refractivity contribution < 1.29 is 67.3 Å². The monoisotopic (exact) mass is 954 g/mol. The smallest absolute Gasteiger partial charge is 0.329 e. The zero-order chi connectivity index (χ0) is 49.9. The topological polar surface area (TPSA) is 194 Å². The lowest BCUT2D eigenvalue weighted by Gasteiger charge is -2.47. The molecule has 1 amide bonds. The molecule has 15 unspecified atom stereocenters. The molecule has 0 aromatic heterocycles. The average Bonchev–Trinajstić information content (AvgIpc) is 3.32. The summed E-state index contributed by atoms with van der Waals surface area (Å²) in [4.78, 5) is 70.5. The number of rotatable bonds is 11. The molecule has 2 N–H and O–H groups in total. The number of fused-ring (bicyclic) bond motifs is 3. The Morgan fingerprint density at radius 1 is 0.897 bits per heavy atom. The summed E-state index contributed by atoms with van der Waals surface area (Å²) in [5.41, 5.74) is 2.46. The van der Waals surface area contributed by atoms with Crippen LogP contribution in [-0.2, 0) is 57.1 Å². The lowest BCUT2D eigenvalue weighted by Crippen LogP contribution is -2.64. The van der Waals surface area contributed by atoms with E-state index < -0.39 is 89.8 Å². The summed E-state index contributed by atoms with van der Waals surface area (Å²) in [7, 11) is 4.69. The first-order valence-corrected chi connectivity index (χ1v) is 24.8. The van der Waals surface area contributed by atoms with Crippen LogP contribution >= 0.6 is 0 Å². The van der Waals surface area contributed by atoms with Gasteiger partial charge in [0.05, 0.1) is 37.1 Å². The molecular formula is C53H79NO14. The van der Waals surface area contributed by atoms with E-state index in [2.05, 4.69) is 6.92 Å². The van der Waals surface area contributed by atoms with Gasteiger partial charge in [-0.2, -0.15) is 0 Å². The number of ether oxygens (including phenoxy) is 7. The van der Waals surface area contributed by atoms with Gasteiger partial charge in [-0.1, -0.05) is 75.8 Å². The highest BCUT2D eigenvalue weighted by Gasteiger charge is 2.56. The van der Waals surface area contributed by atoms with Gasteiger partial charge in [-0.15, -0.1) is 0 Å². The zero-order valence-corrected chi connectivity index (χ0v) is 42.1. The molecule has 0 spiro atoms. The predicted molar refractivity (Wildman–Crippen MR) is 253 cm³/mol. The number of piperidine rings is 1. The lowest BCUT2D eigenvalue weighted by molar-refractivity contribution is -0.302. The summed E-state index contributed by atoms with van der Waals surface area (Å²) in [6.45, 7) is 12.8. The maximum Gasteiger partial charge on any atom is 0.329 e. The molecule has 2 saturated heterocycles. The Labute approximate surface area is 403 Å². The maximum atomic E-state index is 14.6. The molecular weight excluding hydrogens is 875 g/mol. The van der Waals surface area contributed by atoms with Gasteiger partial charge in [0, 0.05) is 59.0 Å². The van der Waals surface area contributed by atoms with Gasteiger partial charge in [0.15, 0.2) is 6.10 Å². The number of nitrogens with zero attached hydrogens (tertiary/aromatic N) is 1. The molecule has 15 heteroatoms. The van der Waals surface area contributed by atoms with Crippen molar-refractivity contribution in [3.63, 3.8) is 0 Å². The molecule has 68 heavy (non-hydrogen) atoms. The highest BCUT2D eigenvalue weighted by Crippen LogP contribution is 2.40. The van der Waals surface area contributed by atoms with Gasteiger partial charge in [0.2, 0.25) is 5.79 Å². The van der Waals surface area contributed by atoms with Gasteiger partial charge < -0.3 is 48.3 Å². The fourth-order valence-electron chi connectivity index (χ4n) is 10.8. The molecule has 15 atom stereocenters. The molecule has 5 rings (SSSR count). The summed E-state index contributed by atoms with van der Waals surface area (Å²) in [6.07, 6.45) is 3.32. The molecule has 4 aliphatic rings. The van der Waals surface area contributed by atoms with E-state index in [4.69, 9.17) is 33.2 Å². The van der Waals surface area contributed by atoms with Crippen LogP contribution < -0.4 is 0 Å². The van der Waals surface area contributed by atoms with Crippen LogP contribution in [0.2, 0.25) is 0 Å². The molecule has 1 aromatic carbocycles. The quantitative estimate of drug-likeness (QED) is 0.134. The van der Waals surface area contributed by atoms with Crippen molar-refractivity contribution in [2.75, 3.05) is 34.5 Å². The third kappa shape index (κ3) is 13.7. The molecule has 1 saturated carbocycles. The summed E-state index contributed by atoms with van der Waals surface area (Å²) in [6, 6.07) is 8.26. The molecule has 3 heterocycles. The largest absolute Gasteiger partial charge is 0.456 e. The Morgan fingerprint density at radius 3 is 2.22 bits per heavy atom. The Bertz CT molecular complexity index is 1920. The molecule has 1 aromatic rings. The lowest BCUT2D eigenvalue weighted by atomic mass is 9.81. The number of hydrogen-bond acceptors (Lipinski definition) is 14. The van der Waals surface area contributed by atoms with Gasteiger partial charge >= 0.3 is 11.9 Å². The molecule has 3 fully saturated rings. The average molecular weight is 954 g/mol. The number of aliphatic hydroxyl groups excluding tert-OH is 1. The van der Waals surface area contributed by atoms with Crippen LogP contribution in [0.1, 0.15) is 131 Å². The number of allylic oxidation sites excluding steroid dienone is 3. The fraction of sp³-hybridized carbons (Fsp3) is 0.717. The molecule has 15 nitrogen and oxygen atoms in total. The third-order valence-corrected chi connectivity index (χ3v) is 14.8. The summed E-state index contributed by atoms with van der Waals surface area (Å²) >= 11 is 0. The summed E-state index contributed by atoms with van der Waals surface area (Å²) in [5, 5.41) is 24.0. The van der Waals surface area contributed by atoms with Crippen molar-refractivity contribution in [2.45, 2.75) is 180 Å². The third-order valence-electron chi connectivity index (χ3n) is 14.8.